The van der Waals surface area contributed by atoms with E-state index in [-0.39, 0.29) is 12.1 Å². The van der Waals surface area contributed by atoms with E-state index in [1.165, 1.54) is 0 Å². The van der Waals surface area contributed by atoms with E-state index in [1.807, 2.05) is 43.5 Å². The van der Waals surface area contributed by atoms with Crippen LogP contribution in [0.4, 0.5) is 0 Å². The van der Waals surface area contributed by atoms with Gasteiger partial charge in [-0.25, -0.2) is 4.79 Å². The summed E-state index contributed by atoms with van der Waals surface area (Å²) in [4.78, 5) is 14.7. The maximum absolute atomic E-state index is 11.7. The molecule has 1 atom stereocenters. The molecule has 3 heteroatoms. The van der Waals surface area contributed by atoms with Crippen molar-refractivity contribution < 1.29 is 9.53 Å². The number of ether oxygens (including phenoxy) is 1. The molecule has 0 saturated heterocycles. The normalized spacial score (nSPS) is 12.1. The summed E-state index contributed by atoms with van der Waals surface area (Å²) in [6.07, 6.45) is 1.55. The summed E-state index contributed by atoms with van der Waals surface area (Å²) in [5, 5.41) is 0. The molecule has 2 aromatic rings. The number of rotatable bonds is 3. The molecule has 82 valence electrons. The van der Waals surface area contributed by atoms with Gasteiger partial charge in [-0.2, -0.15) is 0 Å². The van der Waals surface area contributed by atoms with Crippen LogP contribution in [0.2, 0.25) is 0 Å². The van der Waals surface area contributed by atoms with Gasteiger partial charge < -0.3 is 9.72 Å². The van der Waals surface area contributed by atoms with Crippen LogP contribution in [0.15, 0.2) is 48.7 Å². The van der Waals surface area contributed by atoms with Gasteiger partial charge in [-0.15, -0.1) is 0 Å². The minimum absolute atomic E-state index is 0.261. The van der Waals surface area contributed by atoms with Gasteiger partial charge in [0, 0.05) is 6.20 Å². The van der Waals surface area contributed by atoms with Crippen molar-refractivity contribution in [2.45, 2.75) is 13.0 Å². The number of carbonyl (C=O) groups is 1. The predicted octanol–water partition coefficient (Wildman–Crippen LogP) is 2.93. The Morgan fingerprint density at radius 1 is 1.19 bits per heavy atom. The quantitative estimate of drug-likeness (QED) is 0.800. The molecule has 16 heavy (non-hydrogen) atoms. The smallest absolute Gasteiger partial charge is 0.338 e. The lowest BCUT2D eigenvalue weighted by Gasteiger charge is -2.11. The van der Waals surface area contributed by atoms with Crippen molar-refractivity contribution in [3.05, 3.63) is 59.9 Å². The van der Waals surface area contributed by atoms with E-state index in [9.17, 15) is 4.79 Å². The number of carbonyl (C=O) groups excluding carboxylic acids is 1. The van der Waals surface area contributed by atoms with Crippen LogP contribution in [-0.2, 0) is 4.74 Å². The van der Waals surface area contributed by atoms with Gasteiger partial charge in [0.1, 0.15) is 6.10 Å². The van der Waals surface area contributed by atoms with E-state index in [0.717, 1.165) is 5.69 Å². The van der Waals surface area contributed by atoms with E-state index in [1.54, 1.807) is 12.1 Å². The molecule has 0 radical (unpaired) electrons. The Labute approximate surface area is 94.1 Å². The average molecular weight is 215 g/mol. The molecule has 3 nitrogen and oxygen atoms in total. The summed E-state index contributed by atoms with van der Waals surface area (Å²) >= 11 is 0. The Balaban J connectivity index is 2.03. The van der Waals surface area contributed by atoms with Crippen LogP contribution in [0.3, 0.4) is 0 Å². The first-order valence-corrected chi connectivity index (χ1v) is 5.16. The molecule has 0 aliphatic heterocycles. The largest absolute Gasteiger partial charge is 0.453 e. The average Bonchev–Trinajstić information content (AvgIpc) is 2.83. The number of aromatic amines is 1. The summed E-state index contributed by atoms with van der Waals surface area (Å²) in [6.45, 7) is 1.84. The van der Waals surface area contributed by atoms with Crippen LogP contribution in [-0.4, -0.2) is 11.0 Å². The number of hydrogen-bond acceptors (Lipinski definition) is 2. The van der Waals surface area contributed by atoms with E-state index in [4.69, 9.17) is 4.74 Å². The van der Waals surface area contributed by atoms with Gasteiger partial charge in [0.15, 0.2) is 0 Å². The topological polar surface area (TPSA) is 42.1 Å². The zero-order valence-corrected chi connectivity index (χ0v) is 9.01. The highest BCUT2D eigenvalue weighted by Gasteiger charge is 2.13. The van der Waals surface area contributed by atoms with Crippen molar-refractivity contribution in [1.82, 2.24) is 4.98 Å². The number of nitrogens with one attached hydrogen (secondary N) is 1. The monoisotopic (exact) mass is 215 g/mol. The van der Waals surface area contributed by atoms with Gasteiger partial charge in [-0.05, 0) is 31.2 Å². The summed E-state index contributed by atoms with van der Waals surface area (Å²) in [7, 11) is 0. The third-order valence-electron chi connectivity index (χ3n) is 2.35. The van der Waals surface area contributed by atoms with Crippen LogP contribution in [0.5, 0.6) is 0 Å². The molecule has 0 saturated carbocycles. The minimum atomic E-state index is -0.303. The molecule has 2 rings (SSSR count). The first-order valence-electron chi connectivity index (χ1n) is 5.16. The number of benzene rings is 1. The Kier molecular flexibility index (Phi) is 3.05. The van der Waals surface area contributed by atoms with Gasteiger partial charge in [-0.3, -0.25) is 0 Å². The van der Waals surface area contributed by atoms with Crippen LogP contribution in [0, 0.1) is 0 Å². The first-order chi connectivity index (χ1) is 7.77. The van der Waals surface area contributed by atoms with Crippen LogP contribution >= 0.6 is 0 Å². The second kappa shape index (κ2) is 4.66. The van der Waals surface area contributed by atoms with Gasteiger partial charge >= 0.3 is 5.97 Å². The molecule has 0 bridgehead atoms. The predicted molar refractivity (Wildman–Crippen MR) is 61.1 cm³/mol. The van der Waals surface area contributed by atoms with E-state index in [0.29, 0.717) is 5.56 Å². The fraction of sp³-hybridized carbons (Fsp3) is 0.154. The van der Waals surface area contributed by atoms with Crippen molar-refractivity contribution in [3.63, 3.8) is 0 Å². The van der Waals surface area contributed by atoms with Crippen molar-refractivity contribution in [3.8, 4) is 0 Å². The minimum Gasteiger partial charge on any atom is -0.453 e. The van der Waals surface area contributed by atoms with Crippen molar-refractivity contribution in [2.24, 2.45) is 0 Å². The molecule has 0 aliphatic carbocycles. The lowest BCUT2D eigenvalue weighted by atomic mass is 10.2. The van der Waals surface area contributed by atoms with Crippen LogP contribution in [0.25, 0.3) is 0 Å². The third-order valence-corrected chi connectivity index (χ3v) is 2.35. The zero-order chi connectivity index (χ0) is 11.4. The molecular weight excluding hydrogens is 202 g/mol. The Hall–Kier alpha value is -2.03. The number of hydrogen-bond donors (Lipinski definition) is 1. The molecule has 0 aliphatic rings. The summed E-state index contributed by atoms with van der Waals surface area (Å²) in [5.41, 5.74) is 1.46. The second-order valence-corrected chi connectivity index (χ2v) is 3.54. The molecule has 0 spiro atoms. The molecule has 0 fully saturated rings. The third kappa shape index (κ3) is 2.31. The van der Waals surface area contributed by atoms with Crippen LogP contribution < -0.4 is 0 Å². The van der Waals surface area contributed by atoms with E-state index < -0.39 is 0 Å². The Bertz CT molecular complexity index is 448. The molecular formula is C13H13NO2. The van der Waals surface area contributed by atoms with Gasteiger partial charge in [-0.1, -0.05) is 18.2 Å². The van der Waals surface area contributed by atoms with Crippen molar-refractivity contribution in [2.75, 3.05) is 0 Å². The van der Waals surface area contributed by atoms with Gasteiger partial charge in [0.25, 0.3) is 0 Å². The highest BCUT2D eigenvalue weighted by Crippen LogP contribution is 2.16. The van der Waals surface area contributed by atoms with E-state index >= 15 is 0 Å². The fourth-order valence-electron chi connectivity index (χ4n) is 1.46. The van der Waals surface area contributed by atoms with E-state index in [2.05, 4.69) is 4.98 Å². The zero-order valence-electron chi connectivity index (χ0n) is 9.01. The highest BCUT2D eigenvalue weighted by atomic mass is 16.5. The molecule has 1 heterocycles. The lowest BCUT2D eigenvalue weighted by Crippen LogP contribution is -2.09. The number of esters is 1. The first kappa shape index (κ1) is 10.5. The summed E-state index contributed by atoms with van der Waals surface area (Å²) in [6, 6.07) is 12.7. The molecule has 1 N–H and O–H groups in total. The molecule has 0 amide bonds. The number of H-pyrrole nitrogens is 1. The second-order valence-electron chi connectivity index (χ2n) is 3.54. The maximum Gasteiger partial charge on any atom is 0.338 e. The summed E-state index contributed by atoms with van der Waals surface area (Å²) in [5.74, 6) is -0.303. The number of aromatic nitrogens is 1. The lowest BCUT2D eigenvalue weighted by molar-refractivity contribution is 0.0330. The standard InChI is InChI=1S/C13H13NO2/c1-10(12-8-5-9-14-12)16-13(15)11-6-3-2-4-7-11/h2-10,14H,1H3. The van der Waals surface area contributed by atoms with Crippen LogP contribution in [0.1, 0.15) is 29.1 Å². The maximum atomic E-state index is 11.7. The molecule has 1 aromatic heterocycles. The molecule has 1 aromatic carbocycles. The summed E-state index contributed by atoms with van der Waals surface area (Å²) < 4.78 is 5.31. The van der Waals surface area contributed by atoms with Crippen molar-refractivity contribution >= 4 is 5.97 Å². The van der Waals surface area contributed by atoms with Crippen molar-refractivity contribution in [1.29, 1.82) is 0 Å². The SMILES string of the molecule is CC(OC(=O)c1ccccc1)c1ccc[nH]1. The Morgan fingerprint density at radius 2 is 1.94 bits per heavy atom. The Morgan fingerprint density at radius 3 is 2.56 bits per heavy atom. The van der Waals surface area contributed by atoms with Gasteiger partial charge in [0.2, 0.25) is 0 Å². The molecule has 1 unspecified atom stereocenters. The highest BCUT2D eigenvalue weighted by molar-refractivity contribution is 5.89. The fourth-order valence-corrected chi connectivity index (χ4v) is 1.46. The van der Waals surface area contributed by atoms with Gasteiger partial charge in [0.05, 0.1) is 11.3 Å².